The minimum absolute atomic E-state index is 0.160. The Balaban J connectivity index is 2.09. The molecule has 0 saturated carbocycles. The molecule has 118 valence electrons. The molecule has 22 heavy (non-hydrogen) atoms. The molecule has 6 heteroatoms. The van der Waals surface area contributed by atoms with Gasteiger partial charge in [-0.3, -0.25) is 4.31 Å². The molecule has 0 aromatic heterocycles. The van der Waals surface area contributed by atoms with E-state index >= 15 is 0 Å². The van der Waals surface area contributed by atoms with Gasteiger partial charge in [-0.1, -0.05) is 6.08 Å². The number of nitrogens with zero attached hydrogens (tertiary/aromatic N) is 1. The Morgan fingerprint density at radius 3 is 2.64 bits per heavy atom. The molecule has 1 aliphatic carbocycles. The zero-order chi connectivity index (χ0) is 15.7. The summed E-state index contributed by atoms with van der Waals surface area (Å²) in [6, 6.07) is 5.26. The molecule has 0 spiro atoms. The van der Waals surface area contributed by atoms with Crippen LogP contribution in [0.4, 0.5) is 5.69 Å². The fourth-order valence-electron chi connectivity index (χ4n) is 3.04. The number of esters is 1. The number of benzene rings is 1. The molecule has 5 nitrogen and oxygen atoms in total. The lowest BCUT2D eigenvalue weighted by molar-refractivity contribution is 0.0600. The summed E-state index contributed by atoms with van der Waals surface area (Å²) in [6.07, 6.45) is 5.84. The summed E-state index contributed by atoms with van der Waals surface area (Å²) < 4.78 is 30.5. The molecule has 0 atom stereocenters. The van der Waals surface area contributed by atoms with Gasteiger partial charge in [0, 0.05) is 6.54 Å². The largest absolute Gasteiger partial charge is 0.465 e. The predicted octanol–water partition coefficient (Wildman–Crippen LogP) is 2.58. The van der Waals surface area contributed by atoms with E-state index in [1.165, 1.54) is 17.0 Å². The Morgan fingerprint density at radius 1 is 1.23 bits per heavy atom. The van der Waals surface area contributed by atoms with Crippen LogP contribution in [-0.4, -0.2) is 33.8 Å². The molecule has 2 aliphatic rings. The van der Waals surface area contributed by atoms with Gasteiger partial charge < -0.3 is 4.74 Å². The van der Waals surface area contributed by atoms with Gasteiger partial charge in [0.25, 0.3) is 0 Å². The summed E-state index contributed by atoms with van der Waals surface area (Å²) in [5.74, 6) is -0.286. The van der Waals surface area contributed by atoms with Crippen LogP contribution in [0.2, 0.25) is 0 Å². The van der Waals surface area contributed by atoms with E-state index in [2.05, 4.69) is 6.08 Å². The van der Waals surface area contributed by atoms with Gasteiger partial charge in [-0.25, -0.2) is 13.2 Å². The highest BCUT2D eigenvalue weighted by Crippen LogP contribution is 2.33. The van der Waals surface area contributed by atoms with Crippen LogP contribution in [-0.2, 0) is 14.8 Å². The maximum Gasteiger partial charge on any atom is 0.337 e. The second-order valence-electron chi connectivity index (χ2n) is 5.62. The first kappa shape index (κ1) is 15.1. The maximum absolute atomic E-state index is 12.1. The Hall–Kier alpha value is -1.82. The number of carbonyl (C=O) groups is 1. The average molecular weight is 321 g/mol. The van der Waals surface area contributed by atoms with Crippen LogP contribution in [0.15, 0.2) is 24.3 Å². The molecule has 1 aromatic carbocycles. The van der Waals surface area contributed by atoms with Crippen LogP contribution in [0, 0.1) is 0 Å². The van der Waals surface area contributed by atoms with Crippen molar-refractivity contribution < 1.29 is 17.9 Å². The molecule has 0 radical (unpaired) electrons. The molecule has 1 heterocycles. The van der Waals surface area contributed by atoms with Gasteiger partial charge in [-0.2, -0.15) is 0 Å². The van der Waals surface area contributed by atoms with E-state index in [-0.39, 0.29) is 5.75 Å². The van der Waals surface area contributed by atoms with Crippen LogP contribution in [0.1, 0.15) is 41.6 Å². The Kier molecular flexibility index (Phi) is 3.95. The first-order valence-corrected chi connectivity index (χ1v) is 9.05. The Bertz CT molecular complexity index is 737. The summed E-state index contributed by atoms with van der Waals surface area (Å²) in [6.45, 7) is 0.464. The third-order valence-electron chi connectivity index (χ3n) is 4.14. The zero-order valence-corrected chi connectivity index (χ0v) is 13.4. The third kappa shape index (κ3) is 2.75. The fourth-order valence-corrected chi connectivity index (χ4v) is 4.59. The van der Waals surface area contributed by atoms with Crippen molar-refractivity contribution in [2.45, 2.75) is 25.7 Å². The lowest BCUT2D eigenvalue weighted by Gasteiger charge is -2.19. The number of rotatable bonds is 3. The summed E-state index contributed by atoms with van der Waals surface area (Å²) >= 11 is 0. The number of carbonyl (C=O) groups excluding carboxylic acids is 1. The average Bonchev–Trinajstić information content (AvgIpc) is 3.15. The number of allylic oxidation sites excluding steroid dienone is 2. The molecule has 1 aromatic rings. The van der Waals surface area contributed by atoms with Crippen molar-refractivity contribution >= 4 is 27.3 Å². The van der Waals surface area contributed by atoms with E-state index in [1.54, 1.807) is 12.1 Å². The quantitative estimate of drug-likeness (QED) is 0.803. The molecule has 0 bridgehead atoms. The highest BCUT2D eigenvalue weighted by molar-refractivity contribution is 7.93. The molecule has 0 N–H and O–H groups in total. The van der Waals surface area contributed by atoms with Gasteiger partial charge in [-0.05, 0) is 55.0 Å². The van der Waals surface area contributed by atoms with Gasteiger partial charge in [0.05, 0.1) is 24.1 Å². The summed E-state index contributed by atoms with van der Waals surface area (Å²) in [5, 5.41) is 0. The van der Waals surface area contributed by atoms with Crippen molar-refractivity contribution in [1.29, 1.82) is 0 Å². The number of sulfonamides is 1. The monoisotopic (exact) mass is 321 g/mol. The SMILES string of the molecule is COC(=O)c1cc(C2=CCCC2)cc(N2CCCS2(=O)=O)c1. The first-order valence-electron chi connectivity index (χ1n) is 7.44. The Morgan fingerprint density at radius 2 is 2.05 bits per heavy atom. The third-order valence-corrected chi connectivity index (χ3v) is 6.01. The molecule has 0 amide bonds. The number of ether oxygens (including phenoxy) is 1. The molecular formula is C16H19NO4S. The number of hydrogen-bond acceptors (Lipinski definition) is 4. The van der Waals surface area contributed by atoms with Crippen LogP contribution in [0.5, 0.6) is 0 Å². The highest BCUT2D eigenvalue weighted by atomic mass is 32.2. The van der Waals surface area contributed by atoms with Crippen LogP contribution in [0.3, 0.4) is 0 Å². The van der Waals surface area contributed by atoms with Crippen molar-refractivity contribution in [3.8, 4) is 0 Å². The first-order chi connectivity index (χ1) is 10.5. The van der Waals surface area contributed by atoms with Crippen molar-refractivity contribution in [3.05, 3.63) is 35.4 Å². The Labute approximate surface area is 130 Å². The van der Waals surface area contributed by atoms with E-state index in [4.69, 9.17) is 4.74 Å². The summed E-state index contributed by atoms with van der Waals surface area (Å²) in [7, 11) is -1.94. The molecule has 1 saturated heterocycles. The van der Waals surface area contributed by atoms with E-state index in [0.717, 1.165) is 24.8 Å². The minimum Gasteiger partial charge on any atom is -0.465 e. The van der Waals surface area contributed by atoms with E-state index in [0.29, 0.717) is 24.2 Å². The summed E-state index contributed by atoms with van der Waals surface area (Å²) in [4.78, 5) is 11.9. The van der Waals surface area contributed by atoms with Crippen molar-refractivity contribution in [3.63, 3.8) is 0 Å². The smallest absolute Gasteiger partial charge is 0.337 e. The van der Waals surface area contributed by atoms with E-state index in [9.17, 15) is 13.2 Å². The minimum atomic E-state index is -3.27. The van der Waals surface area contributed by atoms with Gasteiger partial charge in [0.2, 0.25) is 10.0 Å². The lowest BCUT2D eigenvalue weighted by atomic mass is 10.0. The highest BCUT2D eigenvalue weighted by Gasteiger charge is 2.29. The summed E-state index contributed by atoms with van der Waals surface area (Å²) in [5.41, 5.74) is 3.04. The molecule has 0 unspecified atom stereocenters. The van der Waals surface area contributed by atoms with Crippen molar-refractivity contribution in [1.82, 2.24) is 0 Å². The van der Waals surface area contributed by atoms with Crippen molar-refractivity contribution in [2.24, 2.45) is 0 Å². The normalized spacial score (nSPS) is 20.0. The van der Waals surface area contributed by atoms with Crippen LogP contribution >= 0.6 is 0 Å². The molecule has 1 fully saturated rings. The standard InChI is InChI=1S/C16H19NO4S/c1-21-16(18)14-9-13(12-5-2-3-6-12)10-15(11-14)17-7-4-8-22(17,19)20/h5,9-11H,2-4,6-8H2,1H3. The predicted molar refractivity (Wildman–Crippen MR) is 85.4 cm³/mol. The van der Waals surface area contributed by atoms with Gasteiger partial charge in [-0.15, -0.1) is 0 Å². The molecule has 3 rings (SSSR count). The topological polar surface area (TPSA) is 63.7 Å². The fraction of sp³-hybridized carbons (Fsp3) is 0.438. The van der Waals surface area contributed by atoms with Gasteiger partial charge in [0.1, 0.15) is 0 Å². The number of hydrogen-bond donors (Lipinski definition) is 0. The van der Waals surface area contributed by atoms with Gasteiger partial charge in [0.15, 0.2) is 0 Å². The zero-order valence-electron chi connectivity index (χ0n) is 12.5. The van der Waals surface area contributed by atoms with Crippen LogP contribution in [0.25, 0.3) is 5.57 Å². The molecule has 1 aliphatic heterocycles. The van der Waals surface area contributed by atoms with E-state index < -0.39 is 16.0 Å². The van der Waals surface area contributed by atoms with Gasteiger partial charge >= 0.3 is 5.97 Å². The second kappa shape index (κ2) is 5.76. The van der Waals surface area contributed by atoms with Crippen LogP contribution < -0.4 is 4.31 Å². The lowest BCUT2D eigenvalue weighted by Crippen LogP contribution is -2.25. The number of anilines is 1. The van der Waals surface area contributed by atoms with E-state index in [1.807, 2.05) is 6.07 Å². The van der Waals surface area contributed by atoms with Crippen molar-refractivity contribution in [2.75, 3.05) is 23.7 Å². The second-order valence-corrected chi connectivity index (χ2v) is 7.64. The number of methoxy groups -OCH3 is 1. The maximum atomic E-state index is 12.1. The molecular weight excluding hydrogens is 302 g/mol.